The maximum atomic E-state index is 14.2. The van der Waals surface area contributed by atoms with Gasteiger partial charge in [0.1, 0.15) is 11.1 Å². The van der Waals surface area contributed by atoms with Gasteiger partial charge in [-0.1, -0.05) is 0 Å². The second-order valence-corrected chi connectivity index (χ2v) is 13.8. The van der Waals surface area contributed by atoms with Gasteiger partial charge in [0.25, 0.3) is 17.5 Å². The van der Waals surface area contributed by atoms with Crippen molar-refractivity contribution in [3.63, 3.8) is 0 Å². The second kappa shape index (κ2) is 31.9. The summed E-state index contributed by atoms with van der Waals surface area (Å²) in [6.45, 7) is -3.74. The molecule has 65 heavy (non-hydrogen) atoms. The molecule has 366 valence electrons. The van der Waals surface area contributed by atoms with Crippen LogP contribution in [-0.4, -0.2) is 186 Å². The van der Waals surface area contributed by atoms with Crippen LogP contribution in [0.3, 0.4) is 0 Å². The number of hydrogen-bond donors (Lipinski definition) is 2. The van der Waals surface area contributed by atoms with Gasteiger partial charge in [0, 0.05) is 23.3 Å². The quantitative estimate of drug-likeness (QED) is 0.0298. The van der Waals surface area contributed by atoms with Gasteiger partial charge in [0.05, 0.1) is 165 Å². The number of esters is 6. The van der Waals surface area contributed by atoms with Crippen LogP contribution in [0, 0.1) is 10.1 Å². The molecule has 1 aromatic rings. The number of amides is 2. The van der Waals surface area contributed by atoms with E-state index >= 15 is 0 Å². The molecule has 2 amide bonds. The van der Waals surface area contributed by atoms with Crippen molar-refractivity contribution in [1.82, 2.24) is 10.6 Å². The summed E-state index contributed by atoms with van der Waals surface area (Å²) in [5, 5.41) is 17.6. The van der Waals surface area contributed by atoms with E-state index in [0.29, 0.717) is 0 Å². The van der Waals surface area contributed by atoms with Crippen LogP contribution in [0.2, 0.25) is 0 Å². The van der Waals surface area contributed by atoms with E-state index < -0.39 is 120 Å². The largest absolute Gasteiger partial charge is 0.469 e. The number of non-ortho nitro benzene ring substituents is 1. The Morgan fingerprint density at radius 2 is 0.646 bits per heavy atom. The predicted octanol–water partition coefficient (Wildman–Crippen LogP) is 0.0102. The lowest BCUT2D eigenvalue weighted by molar-refractivity contribution is -0.384. The van der Waals surface area contributed by atoms with Crippen LogP contribution in [0.5, 0.6) is 0 Å². The minimum Gasteiger partial charge on any atom is -0.469 e. The van der Waals surface area contributed by atoms with Crippen molar-refractivity contribution in [1.29, 1.82) is 0 Å². The molecule has 1 aromatic carbocycles. The van der Waals surface area contributed by atoms with Gasteiger partial charge in [0.15, 0.2) is 0 Å². The van der Waals surface area contributed by atoms with E-state index in [1.54, 1.807) is 0 Å². The van der Waals surface area contributed by atoms with E-state index in [4.69, 9.17) is 28.4 Å². The first-order chi connectivity index (χ1) is 31.0. The molecular weight excluding hydrogens is 874 g/mol. The molecule has 2 N–H and O–H groups in total. The molecule has 0 saturated carbocycles. The lowest BCUT2D eigenvalue weighted by Gasteiger charge is -2.34. The van der Waals surface area contributed by atoms with Crippen molar-refractivity contribution in [3.05, 3.63) is 39.4 Å². The third-order valence-corrected chi connectivity index (χ3v) is 8.75. The van der Waals surface area contributed by atoms with E-state index in [-0.39, 0.29) is 78.2 Å². The number of methoxy groups -OCH3 is 6. The zero-order valence-electron chi connectivity index (χ0n) is 37.4. The Kier molecular flexibility index (Phi) is 28.1. The molecule has 0 unspecified atom stereocenters. The number of benzene rings is 1. The van der Waals surface area contributed by atoms with Crippen LogP contribution in [0.4, 0.5) is 5.69 Å². The number of nitro benzene ring substituents is 1. The standard InChI is InChI=1S/C40H59N3O22/c1-54-31(44)7-13-60-22-39(23-61-14-8-32(45)55-2,24-62-15-9-33(46)56-3)41-37(50)28-19-29(21-30(20-28)43(52)53)38(51)42-40(25-63-16-10-34(47)57-4,26-64-17-11-35(48)58-5)27-65-18-12-36(49)59-6/h19-21H,7-18,22-27H2,1-6H3,(H,41,50)(H,42,51). The molecule has 0 atom stereocenters. The first-order valence-electron chi connectivity index (χ1n) is 19.8. The minimum absolute atomic E-state index is 0.194. The highest BCUT2D eigenvalue weighted by Crippen LogP contribution is 2.21. The van der Waals surface area contributed by atoms with Crippen molar-refractivity contribution in [2.24, 2.45) is 0 Å². The predicted molar refractivity (Wildman–Crippen MR) is 218 cm³/mol. The van der Waals surface area contributed by atoms with Gasteiger partial charge in [-0.05, 0) is 6.07 Å². The van der Waals surface area contributed by atoms with Crippen LogP contribution in [0.1, 0.15) is 59.2 Å². The van der Waals surface area contributed by atoms with Gasteiger partial charge < -0.3 is 67.5 Å². The summed E-state index contributed by atoms with van der Waals surface area (Å²) in [4.78, 5) is 111. The summed E-state index contributed by atoms with van der Waals surface area (Å²) in [5.41, 5.74) is -4.89. The zero-order valence-corrected chi connectivity index (χ0v) is 37.4. The Bertz CT molecular complexity index is 1490. The first-order valence-corrected chi connectivity index (χ1v) is 19.8. The van der Waals surface area contributed by atoms with Gasteiger partial charge in [-0.3, -0.25) is 48.5 Å². The van der Waals surface area contributed by atoms with Crippen molar-refractivity contribution in [2.45, 2.75) is 49.6 Å². The first kappa shape index (κ1) is 57.2. The third-order valence-electron chi connectivity index (χ3n) is 8.75. The fraction of sp³-hybridized carbons (Fsp3) is 0.650. The smallest absolute Gasteiger partial charge is 0.307 e. The summed E-state index contributed by atoms with van der Waals surface area (Å²) < 4.78 is 62.2. The van der Waals surface area contributed by atoms with Crippen molar-refractivity contribution >= 4 is 53.3 Å². The molecule has 0 fully saturated rings. The van der Waals surface area contributed by atoms with Crippen LogP contribution >= 0.6 is 0 Å². The van der Waals surface area contributed by atoms with E-state index in [0.717, 1.165) is 18.2 Å². The molecule has 0 spiro atoms. The summed E-state index contributed by atoms with van der Waals surface area (Å²) in [6.07, 6.45) is -1.16. The number of rotatable bonds is 35. The highest BCUT2D eigenvalue weighted by atomic mass is 16.6. The van der Waals surface area contributed by atoms with Crippen molar-refractivity contribution in [2.75, 3.05) is 122 Å². The second-order valence-electron chi connectivity index (χ2n) is 13.8. The number of nitrogens with one attached hydrogen (secondary N) is 2. The van der Waals surface area contributed by atoms with Crippen LogP contribution < -0.4 is 10.6 Å². The highest BCUT2D eigenvalue weighted by Gasteiger charge is 2.37. The topological polar surface area (TPSA) is 315 Å². The van der Waals surface area contributed by atoms with E-state index in [1.165, 1.54) is 42.7 Å². The Balaban J connectivity index is 3.74. The molecule has 0 aromatic heterocycles. The lowest BCUT2D eigenvalue weighted by atomic mass is 9.99. The number of hydrogen-bond acceptors (Lipinski definition) is 22. The summed E-state index contributed by atoms with van der Waals surface area (Å²) in [7, 11) is 7.05. The van der Waals surface area contributed by atoms with Crippen LogP contribution in [0.25, 0.3) is 0 Å². The maximum absolute atomic E-state index is 14.2. The molecule has 0 radical (unpaired) electrons. The molecular formula is C40H59N3O22. The molecule has 1 rings (SSSR count). The fourth-order valence-electron chi connectivity index (χ4n) is 5.22. The van der Waals surface area contributed by atoms with Crippen LogP contribution in [0.15, 0.2) is 18.2 Å². The number of nitrogens with zero attached hydrogens (tertiary/aromatic N) is 1. The lowest BCUT2D eigenvalue weighted by Crippen LogP contribution is -2.59. The molecule has 0 aliphatic heterocycles. The van der Waals surface area contributed by atoms with Crippen molar-refractivity contribution in [3.8, 4) is 0 Å². The maximum Gasteiger partial charge on any atom is 0.307 e. The third kappa shape index (κ3) is 23.6. The number of nitro groups is 1. The average Bonchev–Trinajstić information content (AvgIpc) is 3.31. The van der Waals surface area contributed by atoms with Gasteiger partial charge in [-0.15, -0.1) is 0 Å². The Labute approximate surface area is 374 Å². The minimum atomic E-state index is -1.67. The van der Waals surface area contributed by atoms with Gasteiger partial charge in [-0.25, -0.2) is 0 Å². The zero-order chi connectivity index (χ0) is 48.7. The molecule has 0 saturated heterocycles. The Morgan fingerprint density at radius 1 is 0.431 bits per heavy atom. The van der Waals surface area contributed by atoms with Gasteiger partial charge >= 0.3 is 35.8 Å². The summed E-state index contributed by atoms with van der Waals surface area (Å²) in [6, 6.07) is 2.82. The highest BCUT2D eigenvalue weighted by molar-refractivity contribution is 6.01. The molecule has 0 bridgehead atoms. The Hall–Kier alpha value is -5.86. The van der Waals surface area contributed by atoms with Crippen LogP contribution in [-0.2, 0) is 85.6 Å². The number of carbonyl (C=O) groups excluding carboxylic acids is 8. The van der Waals surface area contributed by atoms with Gasteiger partial charge in [-0.2, -0.15) is 0 Å². The van der Waals surface area contributed by atoms with Gasteiger partial charge in [0.2, 0.25) is 0 Å². The van der Waals surface area contributed by atoms with E-state index in [1.807, 2.05) is 0 Å². The monoisotopic (exact) mass is 933 g/mol. The molecule has 0 aliphatic carbocycles. The molecule has 25 heteroatoms. The number of carbonyl (C=O) groups is 8. The van der Waals surface area contributed by atoms with E-state index in [2.05, 4.69) is 39.1 Å². The molecule has 0 heterocycles. The van der Waals surface area contributed by atoms with Crippen molar-refractivity contribution < 1.29 is 100 Å². The average molecular weight is 934 g/mol. The molecule has 0 aliphatic rings. The fourth-order valence-corrected chi connectivity index (χ4v) is 5.22. The molecule has 25 nitrogen and oxygen atoms in total. The normalized spacial score (nSPS) is 11.2. The van der Waals surface area contributed by atoms with E-state index in [9.17, 15) is 48.5 Å². The number of ether oxygens (including phenoxy) is 12. The Morgan fingerprint density at radius 3 is 0.831 bits per heavy atom. The SMILES string of the molecule is COC(=O)CCOCC(COCCC(=O)OC)(COCCC(=O)OC)NC(=O)c1cc(C(=O)NC(COCCC(=O)OC)(COCCC(=O)OC)COCCC(=O)OC)cc([N+](=O)[O-])c1. The summed E-state index contributed by atoms with van der Waals surface area (Å²) in [5.74, 6) is -5.67. The summed E-state index contributed by atoms with van der Waals surface area (Å²) >= 11 is 0.